The fourth-order valence-electron chi connectivity index (χ4n) is 3.40. The van der Waals surface area contributed by atoms with Crippen LogP contribution in [0.1, 0.15) is 50.7 Å². The van der Waals surface area contributed by atoms with Gasteiger partial charge in [-0.2, -0.15) is 4.98 Å². The molecule has 2 fully saturated rings. The number of aromatic nitrogens is 2. The highest BCUT2D eigenvalue weighted by molar-refractivity contribution is 5.79. The number of aryl methyl sites for hydroxylation is 1. The number of carbonyl (C=O) groups excluding carboxylic acids is 1. The van der Waals surface area contributed by atoms with E-state index >= 15 is 0 Å². The summed E-state index contributed by atoms with van der Waals surface area (Å²) in [6, 6.07) is 0. The topological polar surface area (TPSA) is 62.5 Å². The van der Waals surface area contributed by atoms with E-state index in [0.717, 1.165) is 57.7 Å². The molecule has 22 heavy (non-hydrogen) atoms. The largest absolute Gasteiger partial charge is 0.342 e. The zero-order chi connectivity index (χ0) is 15.4. The third kappa shape index (κ3) is 3.66. The van der Waals surface area contributed by atoms with Crippen molar-refractivity contribution in [2.45, 2.75) is 52.0 Å². The zero-order valence-electron chi connectivity index (χ0n) is 13.5. The Labute approximate surface area is 131 Å². The van der Waals surface area contributed by atoms with Crippen LogP contribution in [0.3, 0.4) is 0 Å². The van der Waals surface area contributed by atoms with Crippen molar-refractivity contribution < 1.29 is 9.32 Å². The first-order valence-electron chi connectivity index (χ1n) is 8.59. The lowest BCUT2D eigenvalue weighted by molar-refractivity contribution is -0.136. The molecule has 0 aliphatic carbocycles. The zero-order valence-corrected chi connectivity index (χ0v) is 13.5. The summed E-state index contributed by atoms with van der Waals surface area (Å²) >= 11 is 0. The van der Waals surface area contributed by atoms with Gasteiger partial charge in [0.2, 0.25) is 11.8 Å². The monoisotopic (exact) mass is 306 g/mol. The van der Waals surface area contributed by atoms with Gasteiger partial charge in [-0.15, -0.1) is 0 Å². The highest BCUT2D eigenvalue weighted by atomic mass is 16.5. The molecule has 6 nitrogen and oxygen atoms in total. The van der Waals surface area contributed by atoms with Gasteiger partial charge < -0.3 is 9.42 Å². The summed E-state index contributed by atoms with van der Waals surface area (Å²) in [5.74, 6) is 2.09. The molecule has 1 amide bonds. The van der Waals surface area contributed by atoms with Crippen LogP contribution >= 0.6 is 0 Å². The number of piperidine rings is 1. The molecule has 2 aliphatic heterocycles. The highest BCUT2D eigenvalue weighted by Crippen LogP contribution is 2.22. The second-order valence-electron chi connectivity index (χ2n) is 6.44. The molecule has 0 N–H and O–H groups in total. The van der Waals surface area contributed by atoms with Crippen molar-refractivity contribution in [3.63, 3.8) is 0 Å². The van der Waals surface area contributed by atoms with E-state index in [4.69, 9.17) is 4.52 Å². The van der Waals surface area contributed by atoms with Crippen LogP contribution in [-0.4, -0.2) is 52.0 Å². The molecular weight excluding hydrogens is 280 g/mol. The molecule has 122 valence electrons. The minimum atomic E-state index is 0.215. The number of nitrogens with zero attached hydrogens (tertiary/aromatic N) is 4. The van der Waals surface area contributed by atoms with Crippen molar-refractivity contribution in [3.8, 4) is 0 Å². The van der Waals surface area contributed by atoms with E-state index in [2.05, 4.69) is 26.9 Å². The van der Waals surface area contributed by atoms with E-state index in [1.807, 2.05) is 0 Å². The standard InChI is InChI=1S/C16H26N4O2/c1-2-5-14-17-15(22-18-14)12-19-10-6-13(7-11-19)16(21)20-8-3-4-9-20/h13H,2-12H2,1H3. The van der Waals surface area contributed by atoms with Gasteiger partial charge in [-0.3, -0.25) is 9.69 Å². The molecule has 2 aliphatic rings. The quantitative estimate of drug-likeness (QED) is 0.831. The second kappa shape index (κ2) is 7.22. The van der Waals surface area contributed by atoms with E-state index in [1.165, 1.54) is 12.8 Å². The van der Waals surface area contributed by atoms with Gasteiger partial charge in [0.15, 0.2) is 5.82 Å². The number of amides is 1. The molecule has 1 aromatic heterocycles. The number of hydrogen-bond donors (Lipinski definition) is 0. The maximum Gasteiger partial charge on any atom is 0.240 e. The second-order valence-corrected chi connectivity index (χ2v) is 6.44. The van der Waals surface area contributed by atoms with E-state index in [-0.39, 0.29) is 5.92 Å². The van der Waals surface area contributed by atoms with Gasteiger partial charge in [0, 0.05) is 25.4 Å². The van der Waals surface area contributed by atoms with Crippen LogP contribution in [-0.2, 0) is 17.8 Å². The molecule has 3 heterocycles. The third-order valence-electron chi connectivity index (χ3n) is 4.70. The minimum Gasteiger partial charge on any atom is -0.342 e. The smallest absolute Gasteiger partial charge is 0.240 e. The van der Waals surface area contributed by atoms with Gasteiger partial charge in [0.05, 0.1) is 6.54 Å². The fourth-order valence-corrected chi connectivity index (χ4v) is 3.40. The molecule has 0 unspecified atom stereocenters. The van der Waals surface area contributed by atoms with Gasteiger partial charge in [-0.05, 0) is 45.2 Å². The third-order valence-corrected chi connectivity index (χ3v) is 4.70. The summed E-state index contributed by atoms with van der Waals surface area (Å²) in [6.07, 6.45) is 6.14. The Morgan fingerprint density at radius 1 is 1.23 bits per heavy atom. The molecule has 3 rings (SSSR count). The van der Waals surface area contributed by atoms with E-state index in [0.29, 0.717) is 18.3 Å². The normalized spacial score (nSPS) is 20.7. The number of rotatable bonds is 5. The predicted molar refractivity (Wildman–Crippen MR) is 82.1 cm³/mol. The van der Waals surface area contributed by atoms with Gasteiger partial charge in [-0.25, -0.2) is 0 Å². The van der Waals surface area contributed by atoms with Gasteiger partial charge in [0.1, 0.15) is 0 Å². The Morgan fingerprint density at radius 3 is 2.64 bits per heavy atom. The molecular formula is C16H26N4O2. The lowest BCUT2D eigenvalue weighted by Gasteiger charge is -2.32. The molecule has 0 radical (unpaired) electrons. The van der Waals surface area contributed by atoms with Gasteiger partial charge >= 0.3 is 0 Å². The van der Waals surface area contributed by atoms with Crippen molar-refractivity contribution in [1.29, 1.82) is 0 Å². The fraction of sp³-hybridized carbons (Fsp3) is 0.812. The van der Waals surface area contributed by atoms with Crippen LogP contribution in [0, 0.1) is 5.92 Å². The van der Waals surface area contributed by atoms with Crippen molar-refractivity contribution in [2.75, 3.05) is 26.2 Å². The average Bonchev–Trinajstić information content (AvgIpc) is 3.20. The lowest BCUT2D eigenvalue weighted by Crippen LogP contribution is -2.41. The van der Waals surface area contributed by atoms with Crippen LogP contribution in [0.2, 0.25) is 0 Å². The Bertz CT molecular complexity index is 488. The van der Waals surface area contributed by atoms with Gasteiger partial charge in [0.25, 0.3) is 0 Å². The molecule has 2 saturated heterocycles. The van der Waals surface area contributed by atoms with Crippen LogP contribution in [0.4, 0.5) is 0 Å². The number of hydrogen-bond acceptors (Lipinski definition) is 5. The Kier molecular flexibility index (Phi) is 5.08. The van der Waals surface area contributed by atoms with E-state index in [1.54, 1.807) is 0 Å². The number of likely N-dealkylation sites (tertiary alicyclic amines) is 2. The van der Waals surface area contributed by atoms with Crippen LogP contribution in [0.25, 0.3) is 0 Å². The Hall–Kier alpha value is -1.43. The Balaban J connectivity index is 1.45. The first-order valence-corrected chi connectivity index (χ1v) is 8.59. The van der Waals surface area contributed by atoms with Crippen molar-refractivity contribution in [1.82, 2.24) is 19.9 Å². The summed E-state index contributed by atoms with van der Waals surface area (Å²) in [5.41, 5.74) is 0. The summed E-state index contributed by atoms with van der Waals surface area (Å²) in [7, 11) is 0. The highest BCUT2D eigenvalue weighted by Gasteiger charge is 2.30. The van der Waals surface area contributed by atoms with E-state index in [9.17, 15) is 4.79 Å². The number of carbonyl (C=O) groups is 1. The predicted octanol–water partition coefficient (Wildman–Crippen LogP) is 1.86. The van der Waals surface area contributed by atoms with Crippen LogP contribution < -0.4 is 0 Å². The van der Waals surface area contributed by atoms with Gasteiger partial charge in [-0.1, -0.05) is 12.1 Å². The molecule has 0 bridgehead atoms. The lowest BCUT2D eigenvalue weighted by atomic mass is 9.95. The molecule has 6 heteroatoms. The average molecular weight is 306 g/mol. The summed E-state index contributed by atoms with van der Waals surface area (Å²) in [5, 5.41) is 3.99. The van der Waals surface area contributed by atoms with Crippen molar-refractivity contribution in [2.24, 2.45) is 5.92 Å². The molecule has 0 atom stereocenters. The molecule has 0 saturated carbocycles. The van der Waals surface area contributed by atoms with E-state index < -0.39 is 0 Å². The maximum absolute atomic E-state index is 12.4. The summed E-state index contributed by atoms with van der Waals surface area (Å²) in [6.45, 7) is 6.62. The first kappa shape index (κ1) is 15.5. The minimum absolute atomic E-state index is 0.215. The van der Waals surface area contributed by atoms with Crippen molar-refractivity contribution >= 4 is 5.91 Å². The van der Waals surface area contributed by atoms with Crippen LogP contribution in [0.15, 0.2) is 4.52 Å². The maximum atomic E-state index is 12.4. The molecule has 0 spiro atoms. The van der Waals surface area contributed by atoms with Crippen molar-refractivity contribution in [3.05, 3.63) is 11.7 Å². The summed E-state index contributed by atoms with van der Waals surface area (Å²) in [4.78, 5) is 21.2. The molecule has 1 aromatic rings. The Morgan fingerprint density at radius 2 is 1.95 bits per heavy atom. The summed E-state index contributed by atoms with van der Waals surface area (Å²) < 4.78 is 5.30. The SMILES string of the molecule is CCCc1noc(CN2CCC(C(=O)N3CCCC3)CC2)n1. The first-order chi connectivity index (χ1) is 10.8. The molecule has 0 aromatic carbocycles. The van der Waals surface area contributed by atoms with Crippen LogP contribution in [0.5, 0.6) is 0 Å².